The Hall–Kier alpha value is -7.09. The Balaban J connectivity index is 1.18. The summed E-state index contributed by atoms with van der Waals surface area (Å²) in [6.07, 6.45) is 8.48. The number of ether oxygens (including phenoxy) is 6. The van der Waals surface area contributed by atoms with Crippen LogP contribution >= 0.6 is 0 Å². The normalized spacial score (nSPS) is 15.7. The number of hydrogen-bond acceptors (Lipinski definition) is 20. The molecule has 520 valence electrons. The molecule has 0 bridgehead atoms. The minimum atomic E-state index is -1.03. The van der Waals surface area contributed by atoms with Crippen LogP contribution in [0.3, 0.4) is 0 Å². The lowest BCUT2D eigenvalue weighted by Gasteiger charge is -2.27. The molecular formula is C66H106N12O15. The Morgan fingerprint density at radius 3 is 1.88 bits per heavy atom. The van der Waals surface area contributed by atoms with Crippen LogP contribution in [0.4, 0.5) is 0 Å². The monoisotopic (exact) mass is 1310 g/mol. The maximum absolute atomic E-state index is 14.1. The van der Waals surface area contributed by atoms with E-state index in [1.807, 2.05) is 20.8 Å². The van der Waals surface area contributed by atoms with Crippen molar-refractivity contribution in [2.75, 3.05) is 138 Å². The maximum Gasteiger partial charge on any atom is 0.329 e. The number of nitrogens with zero attached hydrogens (tertiary/aromatic N) is 6. The SMILES string of the molecule is CCCCCC(=O)NCCCCC(NC(=O)C(CCCCNC(=O)CN1CCN(CC)CCN(CC(=O)OC(C)(C)C)CC1)NC(=O)CCOCCOCCOCCNC(=O)COc1ccc2c(C(=O)NCC(=O)N3CCCC3C#N)ccnc2c1)C(=O)OC(C)(C)C. The molecule has 0 saturated carbocycles. The van der Waals surface area contributed by atoms with E-state index in [4.69, 9.17) is 28.4 Å². The number of benzene rings is 1. The van der Waals surface area contributed by atoms with Gasteiger partial charge in [-0.15, -0.1) is 0 Å². The molecule has 4 rings (SSSR count). The lowest BCUT2D eigenvalue weighted by molar-refractivity contribution is -0.159. The molecule has 3 unspecified atom stereocenters. The fourth-order valence-corrected chi connectivity index (χ4v) is 10.2. The molecule has 0 aliphatic carbocycles. The molecule has 27 nitrogen and oxygen atoms in total. The summed E-state index contributed by atoms with van der Waals surface area (Å²) in [5.41, 5.74) is -0.659. The first-order valence-electron chi connectivity index (χ1n) is 33.2. The summed E-state index contributed by atoms with van der Waals surface area (Å²) >= 11 is 0. The summed E-state index contributed by atoms with van der Waals surface area (Å²) in [5.74, 6) is -2.88. The third kappa shape index (κ3) is 33.0. The van der Waals surface area contributed by atoms with E-state index in [0.29, 0.717) is 107 Å². The Bertz CT molecular complexity index is 2720. The standard InChI is InChI=1S/C66H106N12O15/c1-9-11-12-21-56(79)69-26-16-14-20-54(64(87)93-66(6,7)8)74-63(86)53(19-13-15-27-70-58(81)46-76-33-31-75(10-2)32-34-77(36-35-76)47-61(84)92-65(3,4)5)73-57(80)25-37-88-39-41-90-42-40-89-38-29-71-59(82)48-91-50-22-23-51-52(24-28-68-55(51)43-50)62(85)72-45-60(83)78-30-17-18-49(78)44-67/h22-24,28,43,49,53-54H,9-21,25-27,29-42,45-48H2,1-8H3,(H,69,79)(H,70,81)(H,71,82)(H,72,85)(H,73,80)(H,74,86). The molecule has 2 saturated heterocycles. The molecule has 3 atom stereocenters. The molecule has 0 spiro atoms. The van der Waals surface area contributed by atoms with Crippen LogP contribution < -0.4 is 36.6 Å². The first kappa shape index (κ1) is 78.4. The van der Waals surface area contributed by atoms with E-state index in [-0.39, 0.29) is 121 Å². The quantitative estimate of drug-likeness (QED) is 0.0411. The van der Waals surface area contributed by atoms with Crippen LogP contribution in [0.2, 0.25) is 0 Å². The first-order chi connectivity index (χ1) is 44.5. The van der Waals surface area contributed by atoms with Gasteiger partial charge < -0.3 is 70.1 Å². The second-order valence-corrected chi connectivity index (χ2v) is 25.3. The number of fused-ring (bicyclic) bond motifs is 1. The van der Waals surface area contributed by atoms with Gasteiger partial charge in [0.1, 0.15) is 35.1 Å². The molecule has 2 aliphatic rings. The zero-order chi connectivity index (χ0) is 68.0. The highest BCUT2D eigenvalue weighted by Crippen LogP contribution is 2.23. The number of nitrogens with one attached hydrogen (secondary N) is 6. The number of pyridine rings is 1. The molecule has 1 aromatic heterocycles. The topological polar surface area (TPSA) is 331 Å². The van der Waals surface area contributed by atoms with Crippen LogP contribution in [0.5, 0.6) is 5.75 Å². The van der Waals surface area contributed by atoms with E-state index >= 15 is 0 Å². The van der Waals surface area contributed by atoms with E-state index in [0.717, 1.165) is 45.3 Å². The Labute approximate surface area is 549 Å². The van der Waals surface area contributed by atoms with Crippen LogP contribution in [-0.2, 0) is 62.0 Å². The average molecular weight is 1310 g/mol. The van der Waals surface area contributed by atoms with Gasteiger partial charge in [-0.3, -0.25) is 53.1 Å². The van der Waals surface area contributed by atoms with E-state index in [9.17, 15) is 48.4 Å². The van der Waals surface area contributed by atoms with Gasteiger partial charge in [0.05, 0.1) is 76.4 Å². The number of carbonyl (C=O) groups excluding carboxylic acids is 9. The summed E-state index contributed by atoms with van der Waals surface area (Å²) < 4.78 is 33.8. The summed E-state index contributed by atoms with van der Waals surface area (Å²) in [5, 5.41) is 26.8. The van der Waals surface area contributed by atoms with Gasteiger partial charge in [0, 0.05) is 95.9 Å². The van der Waals surface area contributed by atoms with Gasteiger partial charge in [0.15, 0.2) is 6.61 Å². The third-order valence-corrected chi connectivity index (χ3v) is 15.2. The maximum atomic E-state index is 14.1. The highest BCUT2D eigenvalue weighted by Gasteiger charge is 2.31. The predicted molar refractivity (Wildman–Crippen MR) is 348 cm³/mol. The first-order valence-corrected chi connectivity index (χ1v) is 33.2. The number of esters is 2. The van der Waals surface area contributed by atoms with Crippen molar-refractivity contribution in [3.8, 4) is 11.8 Å². The summed E-state index contributed by atoms with van der Waals surface area (Å²) in [4.78, 5) is 130. The third-order valence-electron chi connectivity index (χ3n) is 15.2. The number of likely N-dealkylation sites (N-methyl/N-ethyl adjacent to an activating group) is 1. The smallest absolute Gasteiger partial charge is 0.329 e. The van der Waals surface area contributed by atoms with Crippen molar-refractivity contribution in [2.24, 2.45) is 0 Å². The molecule has 3 heterocycles. The number of aromatic nitrogens is 1. The van der Waals surface area contributed by atoms with Gasteiger partial charge in [-0.05, 0) is 124 Å². The number of hydrogen-bond donors (Lipinski definition) is 6. The van der Waals surface area contributed by atoms with Crippen LogP contribution in [-0.4, -0.2) is 245 Å². The zero-order valence-electron chi connectivity index (χ0n) is 56.5. The van der Waals surface area contributed by atoms with Crippen molar-refractivity contribution in [2.45, 2.75) is 168 Å². The van der Waals surface area contributed by atoms with Crippen LogP contribution in [0.15, 0.2) is 30.5 Å². The van der Waals surface area contributed by atoms with Gasteiger partial charge in [-0.1, -0.05) is 26.7 Å². The van der Waals surface area contributed by atoms with E-state index in [2.05, 4.69) is 71.5 Å². The molecule has 2 aliphatic heterocycles. The number of likely N-dealkylation sites (tertiary alicyclic amines) is 1. The van der Waals surface area contributed by atoms with Crippen molar-refractivity contribution in [3.63, 3.8) is 0 Å². The minimum absolute atomic E-state index is 0.0247. The van der Waals surface area contributed by atoms with Crippen molar-refractivity contribution in [1.29, 1.82) is 5.26 Å². The van der Waals surface area contributed by atoms with Crippen molar-refractivity contribution in [3.05, 3.63) is 36.0 Å². The summed E-state index contributed by atoms with van der Waals surface area (Å²) in [6, 6.07) is 6.02. The largest absolute Gasteiger partial charge is 0.484 e. The van der Waals surface area contributed by atoms with Crippen LogP contribution in [0.1, 0.15) is 149 Å². The molecule has 2 aromatic rings. The number of amides is 7. The zero-order valence-corrected chi connectivity index (χ0v) is 56.5. The number of unbranched alkanes of at least 4 members (excludes halogenated alkanes) is 4. The van der Waals surface area contributed by atoms with Crippen LogP contribution in [0.25, 0.3) is 10.9 Å². The Kier molecular flexibility index (Phi) is 36.2. The fourth-order valence-electron chi connectivity index (χ4n) is 10.2. The number of rotatable bonds is 41. The van der Waals surface area contributed by atoms with Gasteiger partial charge in [-0.25, -0.2) is 4.79 Å². The summed E-state index contributed by atoms with van der Waals surface area (Å²) in [7, 11) is 0. The van der Waals surface area contributed by atoms with Crippen molar-refractivity contribution >= 4 is 64.2 Å². The lowest BCUT2D eigenvalue weighted by atomic mass is 10.1. The highest BCUT2D eigenvalue weighted by atomic mass is 16.6. The number of carbonyl (C=O) groups is 9. The predicted octanol–water partition coefficient (Wildman–Crippen LogP) is 3.16. The molecule has 6 N–H and O–H groups in total. The number of nitriles is 1. The molecule has 1 aromatic carbocycles. The van der Waals surface area contributed by atoms with Gasteiger partial charge in [0.2, 0.25) is 29.5 Å². The van der Waals surface area contributed by atoms with Crippen molar-refractivity contribution in [1.82, 2.24) is 56.5 Å². The Morgan fingerprint density at radius 2 is 1.24 bits per heavy atom. The molecular weight excluding hydrogens is 1200 g/mol. The van der Waals surface area contributed by atoms with E-state index in [1.54, 1.807) is 45.0 Å². The molecule has 93 heavy (non-hydrogen) atoms. The molecule has 2 fully saturated rings. The molecule has 0 radical (unpaired) electrons. The molecule has 27 heteroatoms. The Morgan fingerprint density at radius 1 is 0.624 bits per heavy atom. The second kappa shape index (κ2) is 43.0. The second-order valence-electron chi connectivity index (χ2n) is 25.3. The minimum Gasteiger partial charge on any atom is -0.484 e. The fraction of sp³-hybridized carbons (Fsp3) is 0.712. The highest BCUT2D eigenvalue weighted by molar-refractivity contribution is 6.07. The van der Waals surface area contributed by atoms with E-state index < -0.39 is 53.0 Å². The lowest BCUT2D eigenvalue weighted by Crippen LogP contribution is -2.52. The van der Waals surface area contributed by atoms with Crippen LogP contribution in [0, 0.1) is 11.3 Å². The van der Waals surface area contributed by atoms with Crippen molar-refractivity contribution < 1.29 is 71.6 Å². The summed E-state index contributed by atoms with van der Waals surface area (Å²) in [6.45, 7) is 22.3. The van der Waals surface area contributed by atoms with Gasteiger partial charge >= 0.3 is 11.9 Å². The van der Waals surface area contributed by atoms with Gasteiger partial charge in [0.25, 0.3) is 11.8 Å². The van der Waals surface area contributed by atoms with E-state index in [1.165, 1.54) is 11.1 Å². The van der Waals surface area contributed by atoms with Gasteiger partial charge in [-0.2, -0.15) is 5.26 Å². The molecule has 7 amide bonds. The average Bonchev–Trinajstić information content (AvgIpc) is 1.17.